The average Bonchev–Trinajstić information content (AvgIpc) is 2.97. The zero-order chi connectivity index (χ0) is 16.7. The molecule has 4 rings (SSSR count). The van der Waals surface area contributed by atoms with Crippen LogP contribution in [-0.2, 0) is 4.79 Å². The number of pyridine rings is 1. The van der Waals surface area contributed by atoms with E-state index < -0.39 is 0 Å². The predicted molar refractivity (Wildman–Crippen MR) is 97.5 cm³/mol. The molecule has 1 aliphatic rings. The summed E-state index contributed by atoms with van der Waals surface area (Å²) < 4.78 is 0. The molecule has 0 spiro atoms. The Hall–Kier alpha value is -2.24. The number of nitrogens with zero attached hydrogens (tertiary/aromatic N) is 2. The molecule has 0 saturated carbocycles. The van der Waals surface area contributed by atoms with E-state index in [1.807, 2.05) is 30.3 Å². The average molecular weight is 357 g/mol. The van der Waals surface area contributed by atoms with Crippen molar-refractivity contribution in [2.24, 2.45) is 0 Å². The van der Waals surface area contributed by atoms with Gasteiger partial charge in [0.05, 0.1) is 11.4 Å². The van der Waals surface area contributed by atoms with E-state index in [2.05, 4.69) is 4.98 Å². The number of para-hydroxylation sites is 1. The van der Waals surface area contributed by atoms with Crippen LogP contribution in [0.25, 0.3) is 10.9 Å². The monoisotopic (exact) mass is 356 g/mol. The molecule has 24 heavy (non-hydrogen) atoms. The van der Waals surface area contributed by atoms with E-state index >= 15 is 0 Å². The minimum Gasteiger partial charge on any atom is -0.506 e. The maximum Gasteiger partial charge on any atom is 0.238 e. The Bertz CT molecular complexity index is 930. The number of carbonyl (C=O) groups is 1. The molecule has 3 aromatic rings. The molecule has 2 aromatic carbocycles. The summed E-state index contributed by atoms with van der Waals surface area (Å²) >= 11 is 7.47. The molecular formula is C18H13ClN2O2S. The third-order valence-electron chi connectivity index (χ3n) is 3.95. The first-order chi connectivity index (χ1) is 11.6. The molecule has 1 amide bonds. The zero-order valence-corrected chi connectivity index (χ0v) is 14.1. The number of carbonyl (C=O) groups excluding carboxylic acids is 1. The summed E-state index contributed by atoms with van der Waals surface area (Å²) in [5, 5.41) is 11.3. The topological polar surface area (TPSA) is 53.4 Å². The number of thioether (sulfide) groups is 1. The van der Waals surface area contributed by atoms with Crippen LogP contribution in [0.15, 0.2) is 54.6 Å². The minimum absolute atomic E-state index is 0.0338. The van der Waals surface area contributed by atoms with Gasteiger partial charge >= 0.3 is 0 Å². The fourth-order valence-corrected chi connectivity index (χ4v) is 4.06. The van der Waals surface area contributed by atoms with Gasteiger partial charge in [0.1, 0.15) is 16.6 Å². The van der Waals surface area contributed by atoms with Crippen LogP contribution >= 0.6 is 23.4 Å². The number of fused-ring (bicyclic) bond motifs is 1. The number of phenols is 1. The summed E-state index contributed by atoms with van der Waals surface area (Å²) in [6.07, 6.45) is 0. The number of anilines is 1. The van der Waals surface area contributed by atoms with Crippen LogP contribution in [0.1, 0.15) is 11.1 Å². The fourth-order valence-electron chi connectivity index (χ4n) is 2.81. The molecule has 2 heterocycles. The lowest BCUT2D eigenvalue weighted by molar-refractivity contribution is -0.115. The van der Waals surface area contributed by atoms with Crippen LogP contribution in [0.2, 0.25) is 5.02 Å². The number of amides is 1. The normalized spacial score (nSPS) is 17.6. The molecule has 6 heteroatoms. The highest BCUT2D eigenvalue weighted by Gasteiger charge is 2.35. The van der Waals surface area contributed by atoms with E-state index in [4.69, 9.17) is 11.6 Å². The molecule has 1 saturated heterocycles. The number of rotatable bonds is 2. The van der Waals surface area contributed by atoms with Gasteiger partial charge < -0.3 is 5.11 Å². The highest BCUT2D eigenvalue weighted by Crippen LogP contribution is 2.42. The third-order valence-corrected chi connectivity index (χ3v) is 5.38. The van der Waals surface area contributed by atoms with Crippen molar-refractivity contribution in [3.05, 3.63) is 65.3 Å². The number of halogens is 1. The van der Waals surface area contributed by atoms with Crippen LogP contribution in [0.3, 0.4) is 0 Å². The van der Waals surface area contributed by atoms with Gasteiger partial charge in [0, 0.05) is 16.1 Å². The highest BCUT2D eigenvalue weighted by atomic mass is 35.5. The molecule has 1 atom stereocenters. The lowest BCUT2D eigenvalue weighted by Gasteiger charge is -2.24. The number of aromatic nitrogens is 1. The van der Waals surface area contributed by atoms with E-state index in [-0.39, 0.29) is 17.0 Å². The standard InChI is InChI=1S/C18H13ClN2O2S/c19-12-5-7-13(8-6-12)21-16(23)10-24-18(21)14-9-4-11-2-1-3-15(22)17(11)20-14/h1-9,18,22H,10H2/t18-/m0/s1. The van der Waals surface area contributed by atoms with Gasteiger partial charge in [-0.2, -0.15) is 0 Å². The molecule has 0 unspecified atom stereocenters. The Morgan fingerprint density at radius 2 is 1.92 bits per heavy atom. The zero-order valence-electron chi connectivity index (χ0n) is 12.5. The Balaban J connectivity index is 1.78. The molecule has 120 valence electrons. The van der Waals surface area contributed by atoms with Crippen LogP contribution in [-0.4, -0.2) is 21.8 Å². The number of aromatic hydroxyl groups is 1. The molecule has 1 N–H and O–H groups in total. The summed E-state index contributed by atoms with van der Waals surface area (Å²) in [4.78, 5) is 18.7. The molecule has 1 aromatic heterocycles. The van der Waals surface area contributed by atoms with Crippen molar-refractivity contribution in [1.29, 1.82) is 0 Å². The summed E-state index contributed by atoms with van der Waals surface area (Å²) in [5.41, 5.74) is 2.08. The molecule has 0 radical (unpaired) electrons. The number of hydrogen-bond donors (Lipinski definition) is 1. The molecule has 4 nitrogen and oxygen atoms in total. The van der Waals surface area contributed by atoms with Crippen molar-refractivity contribution in [3.8, 4) is 5.75 Å². The lowest BCUT2D eigenvalue weighted by atomic mass is 10.2. The SMILES string of the molecule is O=C1CS[C@@H](c2ccc3cccc(O)c3n2)N1c1ccc(Cl)cc1. The Kier molecular flexibility index (Phi) is 3.82. The van der Waals surface area contributed by atoms with Crippen molar-refractivity contribution < 1.29 is 9.90 Å². The quantitative estimate of drug-likeness (QED) is 0.740. The van der Waals surface area contributed by atoms with Gasteiger partial charge in [0.15, 0.2) is 0 Å². The number of hydrogen-bond acceptors (Lipinski definition) is 4. The second kappa shape index (κ2) is 6.00. The second-order valence-corrected chi connectivity index (χ2v) is 6.99. The Morgan fingerprint density at radius 3 is 2.71 bits per heavy atom. The largest absolute Gasteiger partial charge is 0.506 e. The fraction of sp³-hybridized carbons (Fsp3) is 0.111. The maximum absolute atomic E-state index is 12.4. The van der Waals surface area contributed by atoms with Gasteiger partial charge in [-0.1, -0.05) is 29.8 Å². The molecule has 0 bridgehead atoms. The van der Waals surface area contributed by atoms with Crippen molar-refractivity contribution in [3.63, 3.8) is 0 Å². The van der Waals surface area contributed by atoms with E-state index in [0.29, 0.717) is 16.3 Å². The predicted octanol–water partition coefficient (Wildman–Crippen LogP) is 4.37. The Morgan fingerprint density at radius 1 is 1.12 bits per heavy atom. The summed E-state index contributed by atoms with van der Waals surface area (Å²) in [5.74, 6) is 0.571. The van der Waals surface area contributed by atoms with Gasteiger partial charge in [-0.3, -0.25) is 9.69 Å². The van der Waals surface area contributed by atoms with Crippen molar-refractivity contribution in [1.82, 2.24) is 4.98 Å². The van der Waals surface area contributed by atoms with E-state index in [0.717, 1.165) is 16.8 Å². The van der Waals surface area contributed by atoms with Crippen LogP contribution in [0, 0.1) is 0 Å². The van der Waals surface area contributed by atoms with Crippen LogP contribution in [0.5, 0.6) is 5.75 Å². The molecule has 1 aliphatic heterocycles. The van der Waals surface area contributed by atoms with Crippen molar-refractivity contribution in [2.45, 2.75) is 5.37 Å². The van der Waals surface area contributed by atoms with Crippen LogP contribution in [0.4, 0.5) is 5.69 Å². The van der Waals surface area contributed by atoms with E-state index in [1.165, 1.54) is 11.8 Å². The first kappa shape index (κ1) is 15.3. The van der Waals surface area contributed by atoms with Crippen molar-refractivity contribution in [2.75, 3.05) is 10.7 Å². The third kappa shape index (κ3) is 2.60. The van der Waals surface area contributed by atoms with Gasteiger partial charge in [0.25, 0.3) is 0 Å². The van der Waals surface area contributed by atoms with Gasteiger partial charge in [-0.05, 0) is 36.4 Å². The molecular weight excluding hydrogens is 344 g/mol. The first-order valence-corrected chi connectivity index (χ1v) is 8.84. The second-order valence-electron chi connectivity index (χ2n) is 5.49. The number of benzene rings is 2. The number of phenolic OH excluding ortho intramolecular Hbond substituents is 1. The molecule has 1 fully saturated rings. The van der Waals surface area contributed by atoms with E-state index in [1.54, 1.807) is 29.2 Å². The first-order valence-electron chi connectivity index (χ1n) is 7.41. The van der Waals surface area contributed by atoms with Gasteiger partial charge in [-0.25, -0.2) is 4.98 Å². The Labute approximate surface area is 148 Å². The maximum atomic E-state index is 12.4. The summed E-state index contributed by atoms with van der Waals surface area (Å²) in [6, 6.07) is 16.3. The smallest absolute Gasteiger partial charge is 0.238 e. The van der Waals surface area contributed by atoms with Crippen molar-refractivity contribution >= 4 is 45.9 Å². The molecule has 0 aliphatic carbocycles. The van der Waals surface area contributed by atoms with Gasteiger partial charge in [0.2, 0.25) is 5.91 Å². The lowest BCUT2D eigenvalue weighted by Crippen LogP contribution is -2.28. The minimum atomic E-state index is -0.220. The summed E-state index contributed by atoms with van der Waals surface area (Å²) in [6.45, 7) is 0. The highest BCUT2D eigenvalue weighted by molar-refractivity contribution is 8.00. The van der Waals surface area contributed by atoms with E-state index in [9.17, 15) is 9.90 Å². The summed E-state index contributed by atoms with van der Waals surface area (Å²) in [7, 11) is 0. The van der Waals surface area contributed by atoms with Gasteiger partial charge in [-0.15, -0.1) is 11.8 Å². The van der Waals surface area contributed by atoms with Crippen LogP contribution < -0.4 is 4.90 Å².